The zero-order valence-electron chi connectivity index (χ0n) is 10.4. The van der Waals surface area contributed by atoms with Gasteiger partial charge in [-0.15, -0.1) is 0 Å². The Morgan fingerprint density at radius 2 is 2.22 bits per heavy atom. The normalized spacial score (nSPS) is 40.3. The molecule has 3 unspecified atom stereocenters. The van der Waals surface area contributed by atoms with Gasteiger partial charge in [-0.05, 0) is 19.9 Å². The molecule has 100 valence electrons. The summed E-state index contributed by atoms with van der Waals surface area (Å²) >= 11 is 0. The maximum atomic E-state index is 10.0. The van der Waals surface area contributed by atoms with Crippen LogP contribution in [0.25, 0.3) is 0 Å². The fourth-order valence-corrected chi connectivity index (χ4v) is 2.09. The second-order valence-electron chi connectivity index (χ2n) is 4.81. The van der Waals surface area contributed by atoms with Gasteiger partial charge in [0, 0.05) is 11.9 Å². The van der Waals surface area contributed by atoms with Crippen LogP contribution in [0, 0.1) is 0 Å². The first-order valence-corrected chi connectivity index (χ1v) is 5.74. The summed E-state index contributed by atoms with van der Waals surface area (Å²) in [4.78, 5) is 5.71. The Morgan fingerprint density at radius 3 is 2.72 bits per heavy atom. The highest BCUT2D eigenvalue weighted by Gasteiger charge is 2.53. The maximum Gasteiger partial charge on any atom is 0.164 e. The lowest BCUT2D eigenvalue weighted by atomic mass is 9.98. The highest BCUT2D eigenvalue weighted by atomic mass is 16.6. The number of hydrogen-bond donors (Lipinski definition) is 3. The van der Waals surface area contributed by atoms with Crippen LogP contribution in [0.1, 0.15) is 13.8 Å². The number of ether oxygens (including phenoxy) is 1. The fraction of sp³-hybridized carbons (Fsp3) is 0.583. The Labute approximate surface area is 106 Å². The molecule has 2 aliphatic heterocycles. The van der Waals surface area contributed by atoms with Gasteiger partial charge in [-0.25, -0.2) is 4.99 Å². The van der Waals surface area contributed by atoms with E-state index in [0.717, 1.165) is 5.71 Å². The van der Waals surface area contributed by atoms with Crippen LogP contribution in [0.4, 0.5) is 0 Å². The van der Waals surface area contributed by atoms with Gasteiger partial charge in [0.15, 0.2) is 6.23 Å². The van der Waals surface area contributed by atoms with Crippen LogP contribution < -0.4 is 0 Å². The molecule has 0 aliphatic carbocycles. The molecule has 4 atom stereocenters. The lowest BCUT2D eigenvalue weighted by Crippen LogP contribution is -2.44. The van der Waals surface area contributed by atoms with Crippen molar-refractivity contribution in [2.75, 3.05) is 6.61 Å². The summed E-state index contributed by atoms with van der Waals surface area (Å²) in [5, 5.41) is 29.2. The average Bonchev–Trinajstić information content (AvgIpc) is 2.55. The van der Waals surface area contributed by atoms with E-state index in [1.165, 1.54) is 0 Å². The number of aliphatic hydroxyl groups is 3. The zero-order valence-corrected chi connectivity index (χ0v) is 10.4. The van der Waals surface area contributed by atoms with Crippen LogP contribution in [0.5, 0.6) is 0 Å². The van der Waals surface area contributed by atoms with Crippen LogP contribution >= 0.6 is 0 Å². The molecule has 0 radical (unpaired) electrons. The number of rotatable bonds is 2. The summed E-state index contributed by atoms with van der Waals surface area (Å²) in [6.45, 7) is 6.77. The largest absolute Gasteiger partial charge is 0.393 e. The van der Waals surface area contributed by atoms with E-state index >= 15 is 0 Å². The third kappa shape index (κ3) is 1.97. The molecule has 0 aromatic rings. The molecule has 0 amide bonds. The van der Waals surface area contributed by atoms with Gasteiger partial charge in [0.05, 0.1) is 6.61 Å². The summed E-state index contributed by atoms with van der Waals surface area (Å²) in [5.41, 5.74) is -0.386. The molecule has 3 N–H and O–H groups in total. The van der Waals surface area contributed by atoms with Gasteiger partial charge in [-0.2, -0.15) is 0 Å². The Kier molecular flexibility index (Phi) is 3.29. The second-order valence-corrected chi connectivity index (χ2v) is 4.81. The minimum atomic E-state index is -1.19. The highest BCUT2D eigenvalue weighted by Crippen LogP contribution is 2.34. The summed E-state index contributed by atoms with van der Waals surface area (Å²) in [7, 11) is 0. The topological polar surface area (TPSA) is 85.5 Å². The van der Waals surface area contributed by atoms with E-state index in [9.17, 15) is 15.3 Å². The van der Waals surface area contributed by atoms with Gasteiger partial charge in [0.2, 0.25) is 0 Å². The molecule has 1 saturated heterocycles. The van der Waals surface area contributed by atoms with Crippen molar-refractivity contribution < 1.29 is 20.1 Å². The van der Waals surface area contributed by atoms with Crippen molar-refractivity contribution in [3.05, 3.63) is 24.7 Å². The van der Waals surface area contributed by atoms with Crippen molar-refractivity contribution in [2.45, 2.75) is 37.9 Å². The first-order chi connectivity index (χ1) is 8.39. The molecule has 18 heavy (non-hydrogen) atoms. The number of nitrogens with zero attached hydrogens (tertiary/aromatic N) is 2. The van der Waals surface area contributed by atoms with Gasteiger partial charge in [0.25, 0.3) is 0 Å². The third-order valence-corrected chi connectivity index (χ3v) is 3.30. The Bertz CT molecular complexity index is 420. The summed E-state index contributed by atoms with van der Waals surface area (Å²) in [6.07, 6.45) is 0.329. The van der Waals surface area contributed by atoms with E-state index in [2.05, 4.69) is 11.6 Å². The van der Waals surface area contributed by atoms with E-state index in [-0.39, 0.29) is 6.61 Å². The summed E-state index contributed by atoms with van der Waals surface area (Å²) in [5.74, 6) is 0.424. The smallest absolute Gasteiger partial charge is 0.164 e. The molecule has 0 aromatic heterocycles. The number of hydrogen-bond acceptors (Lipinski definition) is 6. The van der Waals surface area contributed by atoms with Crippen molar-refractivity contribution in [2.24, 2.45) is 4.99 Å². The first kappa shape index (κ1) is 13.2. The SMILES string of the molecule is C=C1N=C(C)C=CN1[C@@H]1OC(C)(CO)C(O)C1O. The minimum Gasteiger partial charge on any atom is -0.393 e. The standard InChI is InChI=1S/C12H18N2O4/c1-7-4-5-14(8(2)13-7)11-9(16)10(17)12(3,6-15)18-11/h4-5,9-11,15-17H,2,6H2,1,3H3/t9?,10?,11-,12?/m1/s1. The molecule has 2 heterocycles. The lowest BCUT2D eigenvalue weighted by molar-refractivity contribution is -0.124. The number of aliphatic hydroxyl groups excluding tert-OH is 3. The predicted octanol–water partition coefficient (Wildman–Crippen LogP) is -0.423. The fourth-order valence-electron chi connectivity index (χ4n) is 2.09. The van der Waals surface area contributed by atoms with Crippen molar-refractivity contribution in [3.8, 4) is 0 Å². The van der Waals surface area contributed by atoms with E-state index in [0.29, 0.717) is 5.82 Å². The number of allylic oxidation sites excluding steroid dienone is 1. The Morgan fingerprint density at radius 1 is 1.56 bits per heavy atom. The Balaban J connectivity index is 2.21. The van der Waals surface area contributed by atoms with Crippen LogP contribution in [-0.2, 0) is 4.74 Å². The minimum absolute atomic E-state index is 0.381. The van der Waals surface area contributed by atoms with Gasteiger partial charge in [-0.3, -0.25) is 0 Å². The van der Waals surface area contributed by atoms with E-state index < -0.39 is 24.0 Å². The number of aliphatic imine (C=N–C) groups is 1. The third-order valence-electron chi connectivity index (χ3n) is 3.30. The maximum absolute atomic E-state index is 10.0. The van der Waals surface area contributed by atoms with E-state index in [1.54, 1.807) is 24.1 Å². The molecule has 6 heteroatoms. The first-order valence-electron chi connectivity index (χ1n) is 5.74. The molecular weight excluding hydrogens is 236 g/mol. The van der Waals surface area contributed by atoms with Gasteiger partial charge >= 0.3 is 0 Å². The van der Waals surface area contributed by atoms with Crippen LogP contribution in [0.3, 0.4) is 0 Å². The monoisotopic (exact) mass is 254 g/mol. The van der Waals surface area contributed by atoms with Crippen LogP contribution in [-0.4, -0.2) is 56.6 Å². The molecule has 2 rings (SSSR count). The summed E-state index contributed by atoms with van der Waals surface area (Å²) in [6, 6.07) is 0. The molecule has 0 aromatic carbocycles. The molecular formula is C12H18N2O4. The lowest BCUT2D eigenvalue weighted by Gasteiger charge is -2.31. The van der Waals surface area contributed by atoms with Crippen molar-refractivity contribution in [1.29, 1.82) is 0 Å². The van der Waals surface area contributed by atoms with Crippen LogP contribution in [0.2, 0.25) is 0 Å². The molecule has 6 nitrogen and oxygen atoms in total. The summed E-state index contributed by atoms with van der Waals surface area (Å²) < 4.78 is 5.56. The quantitative estimate of drug-likeness (QED) is 0.623. The molecule has 0 saturated carbocycles. The molecule has 0 spiro atoms. The second kappa shape index (κ2) is 4.47. The van der Waals surface area contributed by atoms with Crippen molar-refractivity contribution >= 4 is 5.71 Å². The predicted molar refractivity (Wildman–Crippen MR) is 65.6 cm³/mol. The van der Waals surface area contributed by atoms with Crippen molar-refractivity contribution in [3.63, 3.8) is 0 Å². The van der Waals surface area contributed by atoms with E-state index in [4.69, 9.17) is 4.74 Å². The average molecular weight is 254 g/mol. The molecule has 0 bridgehead atoms. The van der Waals surface area contributed by atoms with Crippen molar-refractivity contribution in [1.82, 2.24) is 4.90 Å². The Hall–Kier alpha value is -1.21. The van der Waals surface area contributed by atoms with E-state index in [1.807, 2.05) is 6.92 Å². The molecule has 2 aliphatic rings. The van der Waals surface area contributed by atoms with Gasteiger partial charge in [0.1, 0.15) is 23.6 Å². The van der Waals surface area contributed by atoms with Crippen LogP contribution in [0.15, 0.2) is 29.7 Å². The van der Waals surface area contributed by atoms with Gasteiger partial charge < -0.3 is 25.0 Å². The van der Waals surface area contributed by atoms with Gasteiger partial charge in [-0.1, -0.05) is 6.58 Å². The molecule has 1 fully saturated rings. The highest BCUT2D eigenvalue weighted by molar-refractivity contribution is 5.94. The zero-order chi connectivity index (χ0) is 13.5.